The predicted molar refractivity (Wildman–Crippen MR) is 81.2 cm³/mol. The van der Waals surface area contributed by atoms with Crippen LogP contribution in [-0.4, -0.2) is 33.4 Å². The summed E-state index contributed by atoms with van der Waals surface area (Å²) >= 11 is 1.37. The normalized spacial score (nSPS) is 12.3. The molecule has 1 N–H and O–H groups in total. The Kier molecular flexibility index (Phi) is 6.46. The summed E-state index contributed by atoms with van der Waals surface area (Å²) in [5.74, 6) is 0. The van der Waals surface area contributed by atoms with Crippen LogP contribution in [0.25, 0.3) is 0 Å². The number of hydrogen-bond donors (Lipinski definition) is 1. The maximum Gasteiger partial charge on any atom is 0.252 e. The van der Waals surface area contributed by atoms with Gasteiger partial charge in [-0.2, -0.15) is 0 Å². The van der Waals surface area contributed by atoms with Crippen molar-refractivity contribution >= 4 is 21.4 Å². The zero-order chi connectivity index (χ0) is 14.5. The molecule has 0 saturated heterocycles. The van der Waals surface area contributed by atoms with Crippen molar-refractivity contribution in [3.63, 3.8) is 0 Å². The van der Waals surface area contributed by atoms with E-state index in [1.165, 1.54) is 15.6 Å². The molecule has 4 nitrogen and oxygen atoms in total. The number of nitrogens with one attached hydrogen (secondary N) is 1. The summed E-state index contributed by atoms with van der Waals surface area (Å²) in [4.78, 5) is 1.09. The van der Waals surface area contributed by atoms with Crippen molar-refractivity contribution in [1.29, 1.82) is 0 Å². The molecular weight excluding hydrogens is 280 g/mol. The van der Waals surface area contributed by atoms with E-state index < -0.39 is 10.0 Å². The number of sulfonamides is 1. The molecular formula is C13H24N2O2S2. The van der Waals surface area contributed by atoms with E-state index in [0.29, 0.717) is 17.3 Å². The molecule has 0 aliphatic heterocycles. The molecule has 1 heterocycles. The molecule has 0 bridgehead atoms. The van der Waals surface area contributed by atoms with Gasteiger partial charge in [-0.15, -0.1) is 11.3 Å². The fraction of sp³-hybridized carbons (Fsp3) is 0.692. The molecule has 0 atom stereocenters. The van der Waals surface area contributed by atoms with Gasteiger partial charge < -0.3 is 5.32 Å². The smallest absolute Gasteiger partial charge is 0.252 e. The fourth-order valence-electron chi connectivity index (χ4n) is 1.81. The standard InChI is InChI=1S/C13H24N2O2S2/c1-5-6-7-8-15(4)19(16,17)13-9-11(2)12(18-13)10-14-3/h9,14H,5-8,10H2,1-4H3. The zero-order valence-electron chi connectivity index (χ0n) is 12.2. The van der Waals surface area contributed by atoms with Crippen molar-refractivity contribution in [2.24, 2.45) is 0 Å². The first kappa shape index (κ1) is 16.6. The van der Waals surface area contributed by atoms with Crippen LogP contribution < -0.4 is 5.32 Å². The molecule has 0 spiro atoms. The van der Waals surface area contributed by atoms with Crippen LogP contribution in [-0.2, 0) is 16.6 Å². The Morgan fingerprint density at radius 1 is 1.37 bits per heavy atom. The minimum atomic E-state index is -3.32. The summed E-state index contributed by atoms with van der Waals surface area (Å²) in [5, 5.41) is 3.06. The van der Waals surface area contributed by atoms with Crippen LogP contribution in [0, 0.1) is 6.92 Å². The van der Waals surface area contributed by atoms with E-state index in [2.05, 4.69) is 12.2 Å². The Bertz CT molecular complexity index is 495. The van der Waals surface area contributed by atoms with Gasteiger partial charge in [-0.05, 0) is 32.0 Å². The maximum absolute atomic E-state index is 12.4. The summed E-state index contributed by atoms with van der Waals surface area (Å²) in [5.41, 5.74) is 1.04. The first-order valence-electron chi connectivity index (χ1n) is 6.63. The average molecular weight is 304 g/mol. The molecule has 110 valence electrons. The molecule has 6 heteroatoms. The summed E-state index contributed by atoms with van der Waals surface area (Å²) in [6.07, 6.45) is 3.08. The van der Waals surface area contributed by atoms with Gasteiger partial charge >= 0.3 is 0 Å². The van der Waals surface area contributed by atoms with Gasteiger partial charge in [-0.25, -0.2) is 12.7 Å². The third-order valence-corrected chi connectivity index (χ3v) is 6.62. The van der Waals surface area contributed by atoms with Crippen molar-refractivity contribution in [3.05, 3.63) is 16.5 Å². The molecule has 19 heavy (non-hydrogen) atoms. The van der Waals surface area contributed by atoms with E-state index in [4.69, 9.17) is 0 Å². The zero-order valence-corrected chi connectivity index (χ0v) is 13.8. The van der Waals surface area contributed by atoms with Crippen molar-refractivity contribution in [1.82, 2.24) is 9.62 Å². The largest absolute Gasteiger partial charge is 0.315 e. The molecule has 0 saturated carbocycles. The van der Waals surface area contributed by atoms with Gasteiger partial charge in [-0.3, -0.25) is 0 Å². The van der Waals surface area contributed by atoms with Gasteiger partial charge in [0.05, 0.1) is 0 Å². The van der Waals surface area contributed by atoms with E-state index in [1.807, 2.05) is 14.0 Å². The lowest BCUT2D eigenvalue weighted by Crippen LogP contribution is -2.27. The van der Waals surface area contributed by atoms with Crippen LogP contribution in [0.5, 0.6) is 0 Å². The molecule has 0 aliphatic rings. The topological polar surface area (TPSA) is 49.4 Å². The van der Waals surface area contributed by atoms with Gasteiger partial charge in [0.2, 0.25) is 0 Å². The highest BCUT2D eigenvalue weighted by atomic mass is 32.2. The number of nitrogens with zero attached hydrogens (tertiary/aromatic N) is 1. The monoisotopic (exact) mass is 304 g/mol. The van der Waals surface area contributed by atoms with Crippen LogP contribution in [0.1, 0.15) is 36.6 Å². The van der Waals surface area contributed by atoms with E-state index in [9.17, 15) is 8.42 Å². The molecule has 0 amide bonds. The summed E-state index contributed by atoms with van der Waals surface area (Å²) in [7, 11) is 0.214. The highest BCUT2D eigenvalue weighted by molar-refractivity contribution is 7.91. The Balaban J connectivity index is 2.84. The molecule has 1 aromatic heterocycles. The van der Waals surface area contributed by atoms with E-state index in [-0.39, 0.29) is 0 Å². The van der Waals surface area contributed by atoms with Crippen LogP contribution in [0.3, 0.4) is 0 Å². The maximum atomic E-state index is 12.4. The van der Waals surface area contributed by atoms with Crippen molar-refractivity contribution in [2.75, 3.05) is 20.6 Å². The van der Waals surface area contributed by atoms with Crippen molar-refractivity contribution in [2.45, 2.75) is 43.9 Å². The third kappa shape index (κ3) is 4.27. The van der Waals surface area contributed by atoms with Crippen LogP contribution >= 0.6 is 11.3 Å². The molecule has 0 radical (unpaired) electrons. The second kappa shape index (κ2) is 7.38. The van der Waals surface area contributed by atoms with Crippen LogP contribution in [0.4, 0.5) is 0 Å². The minimum absolute atomic E-state index is 0.453. The van der Waals surface area contributed by atoms with Gasteiger partial charge in [0.15, 0.2) is 0 Å². The first-order chi connectivity index (χ1) is 8.93. The number of thiophene rings is 1. The SMILES string of the molecule is CCCCCN(C)S(=O)(=O)c1cc(C)c(CNC)s1. The third-order valence-electron chi connectivity index (χ3n) is 3.08. The number of unbranched alkanes of at least 4 members (excludes halogenated alkanes) is 2. The van der Waals surface area contributed by atoms with Crippen LogP contribution in [0.15, 0.2) is 10.3 Å². The molecule has 0 unspecified atom stereocenters. The summed E-state index contributed by atoms with van der Waals surface area (Å²) < 4.78 is 26.7. The van der Waals surface area contributed by atoms with Crippen molar-refractivity contribution < 1.29 is 8.42 Å². The van der Waals surface area contributed by atoms with Gasteiger partial charge in [0, 0.05) is 25.0 Å². The Labute approximate surface area is 120 Å². The molecule has 0 aliphatic carbocycles. The second-order valence-electron chi connectivity index (χ2n) is 4.74. The lowest BCUT2D eigenvalue weighted by molar-refractivity contribution is 0.455. The summed E-state index contributed by atoms with van der Waals surface area (Å²) in [6, 6.07) is 1.78. The number of rotatable bonds is 8. The minimum Gasteiger partial charge on any atom is -0.315 e. The first-order valence-corrected chi connectivity index (χ1v) is 8.89. The van der Waals surface area contributed by atoms with Crippen molar-refractivity contribution in [3.8, 4) is 0 Å². The fourth-order valence-corrected chi connectivity index (χ4v) is 4.83. The van der Waals surface area contributed by atoms with Gasteiger partial charge in [0.25, 0.3) is 10.0 Å². The lowest BCUT2D eigenvalue weighted by Gasteiger charge is -2.15. The molecule has 0 fully saturated rings. The highest BCUT2D eigenvalue weighted by Gasteiger charge is 2.23. The van der Waals surface area contributed by atoms with E-state index >= 15 is 0 Å². The van der Waals surface area contributed by atoms with Gasteiger partial charge in [0.1, 0.15) is 4.21 Å². The Morgan fingerprint density at radius 2 is 2.05 bits per heavy atom. The van der Waals surface area contributed by atoms with E-state index in [1.54, 1.807) is 13.1 Å². The highest BCUT2D eigenvalue weighted by Crippen LogP contribution is 2.28. The number of aryl methyl sites for hydroxylation is 1. The molecule has 1 aromatic rings. The van der Waals surface area contributed by atoms with E-state index in [0.717, 1.165) is 29.7 Å². The average Bonchev–Trinajstić information content (AvgIpc) is 2.72. The molecule has 0 aromatic carbocycles. The molecule has 1 rings (SSSR count). The Morgan fingerprint density at radius 3 is 2.63 bits per heavy atom. The number of hydrogen-bond acceptors (Lipinski definition) is 4. The predicted octanol–water partition coefficient (Wildman–Crippen LogP) is 2.59. The Hall–Kier alpha value is -0.430. The van der Waals surface area contributed by atoms with Gasteiger partial charge in [-0.1, -0.05) is 19.8 Å². The summed E-state index contributed by atoms with van der Waals surface area (Å²) in [6.45, 7) is 5.38. The van der Waals surface area contributed by atoms with Crippen LogP contribution in [0.2, 0.25) is 0 Å². The quantitative estimate of drug-likeness (QED) is 0.751. The lowest BCUT2D eigenvalue weighted by atomic mass is 10.2. The second-order valence-corrected chi connectivity index (χ2v) is 8.14.